The van der Waals surface area contributed by atoms with Gasteiger partial charge in [0.1, 0.15) is 11.0 Å². The number of likely N-dealkylation sites (tertiary alicyclic amines) is 1. The number of nitrogens with zero attached hydrogens (tertiary/aromatic N) is 4. The number of anilines is 2. The molecule has 0 radical (unpaired) electrons. The molecule has 2 fully saturated rings. The number of aromatic amines is 1. The van der Waals surface area contributed by atoms with Crippen LogP contribution in [-0.4, -0.2) is 81.1 Å². The minimum absolute atomic E-state index is 0.00448. The maximum Gasteiger partial charge on any atom is 0.410 e. The number of morpholine rings is 1. The third-order valence-electron chi connectivity index (χ3n) is 8.97. The SMILES string of the molecule is CCC1(n2nc(Nc3ccc(C(=O)N4CCOCC4C(C)C)c(C)c3)c3c(=O)[nH]ccc32)CCN(C(=O)OC(C)(C)C)CC1. The summed E-state index contributed by atoms with van der Waals surface area (Å²) in [6, 6.07) is 7.55. The number of nitrogens with one attached hydrogen (secondary N) is 2. The van der Waals surface area contributed by atoms with Crippen molar-refractivity contribution in [2.45, 2.75) is 84.9 Å². The van der Waals surface area contributed by atoms with E-state index in [0.717, 1.165) is 23.2 Å². The van der Waals surface area contributed by atoms with Crippen molar-refractivity contribution in [2.75, 3.05) is 38.2 Å². The second-order valence-electron chi connectivity index (χ2n) is 13.4. The molecule has 44 heavy (non-hydrogen) atoms. The summed E-state index contributed by atoms with van der Waals surface area (Å²) in [5.41, 5.74) is 1.80. The maximum absolute atomic E-state index is 13.6. The van der Waals surface area contributed by atoms with Crippen molar-refractivity contribution in [3.8, 4) is 0 Å². The number of rotatable bonds is 6. The van der Waals surface area contributed by atoms with E-state index in [1.54, 1.807) is 11.1 Å². The molecular weight excluding hydrogens is 560 g/mol. The van der Waals surface area contributed by atoms with Crippen LogP contribution in [-0.2, 0) is 15.0 Å². The lowest BCUT2D eigenvalue weighted by Gasteiger charge is -2.42. The van der Waals surface area contributed by atoms with Crippen molar-refractivity contribution in [1.82, 2.24) is 24.6 Å². The summed E-state index contributed by atoms with van der Waals surface area (Å²) in [7, 11) is 0. The van der Waals surface area contributed by atoms with Gasteiger partial charge in [-0.2, -0.15) is 5.10 Å². The van der Waals surface area contributed by atoms with Gasteiger partial charge >= 0.3 is 6.09 Å². The standard InChI is InChI=1S/C33H46N6O5/c1-8-33(12-15-37(16-13-33)31(42)44-32(5,6)7)39-25-11-14-34-29(40)27(25)28(36-39)35-23-9-10-24(22(4)19-23)30(41)38-17-18-43-20-26(38)21(2)3/h9-11,14,19,21,26H,8,12-13,15-18,20H2,1-7H3,(H,34,40)(H,35,36). The Kier molecular flexibility index (Phi) is 8.80. The second kappa shape index (κ2) is 12.3. The first kappa shape index (κ1) is 31.6. The lowest BCUT2D eigenvalue weighted by Crippen LogP contribution is -2.51. The first-order chi connectivity index (χ1) is 20.8. The van der Waals surface area contributed by atoms with Crippen molar-refractivity contribution in [1.29, 1.82) is 0 Å². The number of fused-ring (bicyclic) bond motifs is 1. The Balaban J connectivity index is 1.42. The molecule has 2 aromatic heterocycles. The number of piperidine rings is 1. The Morgan fingerprint density at radius 2 is 1.91 bits per heavy atom. The molecule has 0 bridgehead atoms. The number of ether oxygens (including phenoxy) is 2. The smallest absolute Gasteiger partial charge is 0.410 e. The van der Waals surface area contributed by atoms with Crippen LogP contribution in [0.1, 0.15) is 76.7 Å². The second-order valence-corrected chi connectivity index (χ2v) is 13.4. The highest BCUT2D eigenvalue weighted by Gasteiger charge is 2.40. The third-order valence-corrected chi connectivity index (χ3v) is 8.97. The number of aromatic nitrogens is 3. The van der Waals surface area contributed by atoms with Crippen LogP contribution in [0.5, 0.6) is 0 Å². The van der Waals surface area contributed by atoms with Crippen molar-refractivity contribution >= 4 is 34.4 Å². The van der Waals surface area contributed by atoms with Crippen LogP contribution in [0.2, 0.25) is 0 Å². The number of pyridine rings is 1. The molecule has 1 unspecified atom stereocenters. The lowest BCUT2D eigenvalue weighted by atomic mass is 9.85. The van der Waals surface area contributed by atoms with E-state index in [1.807, 2.05) is 61.5 Å². The van der Waals surface area contributed by atoms with Gasteiger partial charge in [-0.15, -0.1) is 0 Å². The normalized spacial score (nSPS) is 19.0. The zero-order valence-electron chi connectivity index (χ0n) is 27.0. The van der Waals surface area contributed by atoms with Crippen molar-refractivity contribution in [3.05, 3.63) is 51.9 Å². The molecule has 238 valence electrons. The highest BCUT2D eigenvalue weighted by Crippen LogP contribution is 2.38. The van der Waals surface area contributed by atoms with E-state index in [0.29, 0.717) is 62.5 Å². The van der Waals surface area contributed by atoms with E-state index < -0.39 is 5.60 Å². The molecule has 2 N–H and O–H groups in total. The fourth-order valence-corrected chi connectivity index (χ4v) is 6.37. The van der Waals surface area contributed by atoms with Crippen LogP contribution in [0.25, 0.3) is 10.9 Å². The molecule has 4 heterocycles. The van der Waals surface area contributed by atoms with Crippen LogP contribution >= 0.6 is 0 Å². The number of aryl methyl sites for hydroxylation is 1. The number of benzene rings is 1. The third kappa shape index (κ3) is 6.20. The molecule has 2 saturated heterocycles. The van der Waals surface area contributed by atoms with Gasteiger partial charge in [0.2, 0.25) is 0 Å². The fourth-order valence-electron chi connectivity index (χ4n) is 6.37. The van der Waals surface area contributed by atoms with Gasteiger partial charge in [0.15, 0.2) is 5.82 Å². The summed E-state index contributed by atoms with van der Waals surface area (Å²) in [6.45, 7) is 16.6. The monoisotopic (exact) mass is 606 g/mol. The average molecular weight is 607 g/mol. The molecular formula is C33H46N6O5. The quantitative estimate of drug-likeness (QED) is 0.385. The molecule has 2 aliphatic rings. The van der Waals surface area contributed by atoms with Gasteiger partial charge in [0, 0.05) is 37.1 Å². The molecule has 11 nitrogen and oxygen atoms in total. The zero-order chi connectivity index (χ0) is 31.8. The summed E-state index contributed by atoms with van der Waals surface area (Å²) >= 11 is 0. The minimum Gasteiger partial charge on any atom is -0.444 e. The van der Waals surface area contributed by atoms with Gasteiger partial charge in [-0.1, -0.05) is 20.8 Å². The first-order valence-corrected chi connectivity index (χ1v) is 15.7. The molecule has 3 aromatic rings. The molecule has 5 rings (SSSR count). The van der Waals surface area contributed by atoms with Crippen molar-refractivity contribution in [3.63, 3.8) is 0 Å². The number of hydrogen-bond donors (Lipinski definition) is 2. The summed E-state index contributed by atoms with van der Waals surface area (Å²) in [6.07, 6.45) is 3.48. The Morgan fingerprint density at radius 1 is 1.18 bits per heavy atom. The van der Waals surface area contributed by atoms with Crippen LogP contribution < -0.4 is 10.9 Å². The Morgan fingerprint density at radius 3 is 2.55 bits per heavy atom. The number of carbonyl (C=O) groups is 2. The minimum atomic E-state index is -0.557. The van der Waals surface area contributed by atoms with Gasteiger partial charge in [0.25, 0.3) is 11.5 Å². The number of hydrogen-bond acceptors (Lipinski definition) is 7. The molecule has 2 aliphatic heterocycles. The van der Waals surface area contributed by atoms with Crippen LogP contribution in [0.4, 0.5) is 16.3 Å². The molecule has 0 saturated carbocycles. The maximum atomic E-state index is 13.6. The molecule has 2 amide bonds. The van der Waals surface area contributed by atoms with E-state index in [1.165, 1.54) is 0 Å². The van der Waals surface area contributed by atoms with Crippen LogP contribution in [0.15, 0.2) is 35.3 Å². The van der Waals surface area contributed by atoms with Crippen molar-refractivity contribution < 1.29 is 19.1 Å². The van der Waals surface area contributed by atoms with E-state index in [-0.39, 0.29) is 35.1 Å². The predicted octanol–water partition coefficient (Wildman–Crippen LogP) is 5.41. The van der Waals surface area contributed by atoms with Gasteiger partial charge in [0.05, 0.1) is 30.3 Å². The number of carbonyl (C=O) groups excluding carboxylic acids is 2. The summed E-state index contributed by atoms with van der Waals surface area (Å²) < 4.78 is 13.2. The van der Waals surface area contributed by atoms with E-state index in [9.17, 15) is 14.4 Å². The zero-order valence-corrected chi connectivity index (χ0v) is 27.0. The lowest BCUT2D eigenvalue weighted by molar-refractivity contribution is -0.0155. The van der Waals surface area contributed by atoms with E-state index in [4.69, 9.17) is 14.6 Å². The molecule has 1 atom stereocenters. The van der Waals surface area contributed by atoms with Crippen molar-refractivity contribution in [2.24, 2.45) is 5.92 Å². The average Bonchev–Trinajstić information content (AvgIpc) is 3.36. The molecule has 0 spiro atoms. The Hall–Kier alpha value is -3.86. The Bertz CT molecular complexity index is 1580. The van der Waals surface area contributed by atoms with Gasteiger partial charge in [-0.25, -0.2) is 4.79 Å². The van der Waals surface area contributed by atoms with Gasteiger partial charge in [-0.05, 0) is 82.7 Å². The van der Waals surface area contributed by atoms with Gasteiger partial charge in [-0.3, -0.25) is 14.3 Å². The predicted molar refractivity (Wildman–Crippen MR) is 171 cm³/mol. The highest BCUT2D eigenvalue weighted by atomic mass is 16.6. The number of H-pyrrole nitrogens is 1. The summed E-state index contributed by atoms with van der Waals surface area (Å²) in [5, 5.41) is 8.84. The van der Waals surface area contributed by atoms with Crippen LogP contribution in [0.3, 0.4) is 0 Å². The largest absolute Gasteiger partial charge is 0.444 e. The number of amides is 2. The summed E-state index contributed by atoms with van der Waals surface area (Å²) in [5.74, 6) is 0.749. The topological polar surface area (TPSA) is 122 Å². The molecule has 11 heteroatoms. The van der Waals surface area contributed by atoms with E-state index >= 15 is 0 Å². The van der Waals surface area contributed by atoms with Gasteiger partial charge < -0.3 is 29.6 Å². The van der Waals surface area contributed by atoms with E-state index in [2.05, 4.69) is 31.1 Å². The van der Waals surface area contributed by atoms with Crippen LogP contribution in [0, 0.1) is 12.8 Å². The summed E-state index contributed by atoms with van der Waals surface area (Å²) in [4.78, 5) is 45.9. The Labute approximate surface area is 258 Å². The first-order valence-electron chi connectivity index (χ1n) is 15.7. The molecule has 1 aromatic carbocycles. The fraction of sp³-hybridized carbons (Fsp3) is 0.576. The molecule has 0 aliphatic carbocycles. The highest BCUT2D eigenvalue weighted by molar-refractivity contribution is 5.97.